The van der Waals surface area contributed by atoms with Crippen LogP contribution in [0.1, 0.15) is 25.6 Å². The van der Waals surface area contributed by atoms with Gasteiger partial charge < -0.3 is 10.7 Å². The average molecular weight is 217 g/mol. The van der Waals surface area contributed by atoms with Crippen molar-refractivity contribution in [1.82, 2.24) is 14.9 Å². The Morgan fingerprint density at radius 1 is 1.57 bits per heavy atom. The van der Waals surface area contributed by atoms with Crippen LogP contribution in [0.15, 0.2) is 6.33 Å². The lowest BCUT2D eigenvalue weighted by Gasteiger charge is -2.27. The average Bonchev–Trinajstić information content (AvgIpc) is 2.61. The lowest BCUT2D eigenvalue weighted by atomic mass is 10.2. The molecule has 80 valence electrons. The molecule has 0 radical (unpaired) electrons. The predicted molar refractivity (Wildman–Crippen MR) is 58.3 cm³/mol. The predicted octanol–water partition coefficient (Wildman–Crippen LogP) is 1.40. The third kappa shape index (κ3) is 2.26. The van der Waals surface area contributed by atoms with Crippen molar-refractivity contribution in [3.63, 3.8) is 0 Å². The van der Waals surface area contributed by atoms with Crippen LogP contribution in [0, 0.1) is 0 Å². The van der Waals surface area contributed by atoms with Crippen molar-refractivity contribution in [1.29, 1.82) is 0 Å². The van der Waals surface area contributed by atoms with Gasteiger partial charge in [0.1, 0.15) is 0 Å². The maximum atomic E-state index is 5.95. The second-order valence-electron chi connectivity index (χ2n) is 3.08. The summed E-state index contributed by atoms with van der Waals surface area (Å²) in [6.45, 7) is 6.66. The van der Waals surface area contributed by atoms with Crippen molar-refractivity contribution in [3.05, 3.63) is 17.2 Å². The molecule has 0 saturated heterocycles. The Balaban J connectivity index is 2.86. The molecule has 1 unspecified atom stereocenters. The van der Waals surface area contributed by atoms with Crippen molar-refractivity contribution in [3.8, 4) is 0 Å². The number of rotatable bonds is 5. The van der Waals surface area contributed by atoms with Gasteiger partial charge in [0.15, 0.2) is 5.15 Å². The lowest BCUT2D eigenvalue weighted by Crippen LogP contribution is -2.33. The summed E-state index contributed by atoms with van der Waals surface area (Å²) < 4.78 is 0. The summed E-state index contributed by atoms with van der Waals surface area (Å²) >= 11 is 5.95. The Bertz CT molecular complexity index is 270. The van der Waals surface area contributed by atoms with Crippen molar-refractivity contribution in [2.24, 2.45) is 5.73 Å². The fraction of sp³-hybridized carbons (Fsp3) is 0.667. The molecule has 0 saturated carbocycles. The number of halogens is 1. The third-order valence-corrected chi connectivity index (χ3v) is 2.73. The van der Waals surface area contributed by atoms with Gasteiger partial charge in [-0.15, -0.1) is 0 Å². The molecule has 0 aliphatic carbocycles. The highest BCUT2D eigenvalue weighted by Gasteiger charge is 2.20. The smallest absolute Gasteiger partial charge is 0.151 e. The molecule has 0 spiro atoms. The van der Waals surface area contributed by atoms with Crippen LogP contribution in [-0.4, -0.2) is 34.5 Å². The number of H-pyrrole nitrogens is 1. The maximum absolute atomic E-state index is 5.95. The van der Waals surface area contributed by atoms with Crippen LogP contribution < -0.4 is 5.73 Å². The number of nitrogens with two attached hydrogens (primary N) is 1. The second kappa shape index (κ2) is 5.34. The summed E-state index contributed by atoms with van der Waals surface area (Å²) in [6, 6.07) is 0.139. The summed E-state index contributed by atoms with van der Waals surface area (Å²) in [4.78, 5) is 9.25. The largest absolute Gasteiger partial charge is 0.346 e. The minimum Gasteiger partial charge on any atom is -0.346 e. The van der Waals surface area contributed by atoms with E-state index in [9.17, 15) is 0 Å². The standard InChI is InChI=1S/C9H17ClN4/c1-3-14(4-2)7(5-11)8-9(10)13-6-12-8/h6-7H,3-5,11H2,1-2H3,(H,12,13). The van der Waals surface area contributed by atoms with Gasteiger partial charge in [0.05, 0.1) is 18.1 Å². The molecule has 0 bridgehead atoms. The highest BCUT2D eigenvalue weighted by atomic mass is 35.5. The topological polar surface area (TPSA) is 57.9 Å². The normalized spacial score (nSPS) is 13.5. The molecule has 0 aliphatic heterocycles. The third-order valence-electron chi connectivity index (χ3n) is 2.43. The van der Waals surface area contributed by atoms with E-state index in [-0.39, 0.29) is 6.04 Å². The number of nitrogens with one attached hydrogen (secondary N) is 1. The Kier molecular flexibility index (Phi) is 4.38. The number of imidazole rings is 1. The Morgan fingerprint density at radius 3 is 2.57 bits per heavy atom. The van der Waals surface area contributed by atoms with Crippen LogP contribution in [0.2, 0.25) is 5.15 Å². The number of aromatic amines is 1. The first kappa shape index (κ1) is 11.5. The highest BCUT2D eigenvalue weighted by molar-refractivity contribution is 6.30. The van der Waals surface area contributed by atoms with Crippen LogP contribution >= 0.6 is 11.6 Å². The van der Waals surface area contributed by atoms with Crippen LogP contribution in [0.4, 0.5) is 0 Å². The number of likely N-dealkylation sites (N-methyl/N-ethyl adjacent to an activating group) is 1. The molecule has 1 aromatic rings. The lowest BCUT2D eigenvalue weighted by molar-refractivity contribution is 0.220. The summed E-state index contributed by atoms with van der Waals surface area (Å²) in [5.74, 6) is 0. The molecular formula is C9H17ClN4. The molecule has 0 aromatic carbocycles. The second-order valence-corrected chi connectivity index (χ2v) is 3.44. The van der Waals surface area contributed by atoms with Crippen LogP contribution in [0.5, 0.6) is 0 Å². The van der Waals surface area contributed by atoms with Gasteiger partial charge in [-0.25, -0.2) is 4.98 Å². The molecule has 1 aromatic heterocycles. The van der Waals surface area contributed by atoms with E-state index < -0.39 is 0 Å². The number of aromatic nitrogens is 2. The van der Waals surface area contributed by atoms with E-state index in [1.54, 1.807) is 6.33 Å². The summed E-state index contributed by atoms with van der Waals surface area (Å²) in [5.41, 5.74) is 6.65. The van der Waals surface area contributed by atoms with Crippen LogP contribution in [0.25, 0.3) is 0 Å². The molecule has 0 fully saturated rings. The Labute approximate surface area is 89.5 Å². The molecule has 0 amide bonds. The molecule has 1 atom stereocenters. The number of hydrogen-bond acceptors (Lipinski definition) is 3. The maximum Gasteiger partial charge on any atom is 0.151 e. The first-order valence-electron chi connectivity index (χ1n) is 4.87. The Hall–Kier alpha value is -0.580. The van der Waals surface area contributed by atoms with Gasteiger partial charge in [-0.1, -0.05) is 25.4 Å². The van der Waals surface area contributed by atoms with E-state index in [0.717, 1.165) is 18.8 Å². The van der Waals surface area contributed by atoms with Gasteiger partial charge in [0.25, 0.3) is 0 Å². The van der Waals surface area contributed by atoms with Gasteiger partial charge in [-0.05, 0) is 13.1 Å². The molecular weight excluding hydrogens is 200 g/mol. The minimum atomic E-state index is 0.139. The SMILES string of the molecule is CCN(CC)C(CN)c1[nH]cnc1Cl. The molecule has 5 heteroatoms. The highest BCUT2D eigenvalue weighted by Crippen LogP contribution is 2.23. The van der Waals surface area contributed by atoms with E-state index in [0.29, 0.717) is 11.7 Å². The van der Waals surface area contributed by atoms with Gasteiger partial charge in [-0.2, -0.15) is 0 Å². The number of hydrogen-bond donors (Lipinski definition) is 2. The molecule has 14 heavy (non-hydrogen) atoms. The monoisotopic (exact) mass is 216 g/mol. The van der Waals surface area contributed by atoms with E-state index in [1.807, 2.05) is 0 Å². The molecule has 3 N–H and O–H groups in total. The first-order chi connectivity index (χ1) is 6.74. The van der Waals surface area contributed by atoms with Gasteiger partial charge in [0.2, 0.25) is 0 Å². The summed E-state index contributed by atoms with van der Waals surface area (Å²) in [6.07, 6.45) is 1.60. The minimum absolute atomic E-state index is 0.139. The van der Waals surface area contributed by atoms with Crippen molar-refractivity contribution >= 4 is 11.6 Å². The Morgan fingerprint density at radius 2 is 2.21 bits per heavy atom. The van der Waals surface area contributed by atoms with E-state index in [1.165, 1.54) is 0 Å². The zero-order valence-electron chi connectivity index (χ0n) is 8.63. The van der Waals surface area contributed by atoms with Gasteiger partial charge in [-0.3, -0.25) is 4.90 Å². The quantitative estimate of drug-likeness (QED) is 0.783. The van der Waals surface area contributed by atoms with Crippen LogP contribution in [0.3, 0.4) is 0 Å². The van der Waals surface area contributed by atoms with Gasteiger partial charge >= 0.3 is 0 Å². The zero-order chi connectivity index (χ0) is 10.6. The number of nitrogens with zero attached hydrogens (tertiary/aromatic N) is 2. The molecule has 4 nitrogen and oxygen atoms in total. The summed E-state index contributed by atoms with van der Waals surface area (Å²) in [5, 5.41) is 0.521. The van der Waals surface area contributed by atoms with Crippen molar-refractivity contribution < 1.29 is 0 Å². The first-order valence-corrected chi connectivity index (χ1v) is 5.25. The van der Waals surface area contributed by atoms with Crippen LogP contribution in [-0.2, 0) is 0 Å². The van der Waals surface area contributed by atoms with E-state index >= 15 is 0 Å². The molecule has 1 rings (SSSR count). The van der Waals surface area contributed by atoms with Crippen molar-refractivity contribution in [2.45, 2.75) is 19.9 Å². The fourth-order valence-electron chi connectivity index (χ4n) is 1.64. The van der Waals surface area contributed by atoms with E-state index in [4.69, 9.17) is 17.3 Å². The van der Waals surface area contributed by atoms with Gasteiger partial charge in [0, 0.05) is 6.54 Å². The molecule has 1 heterocycles. The molecule has 0 aliphatic rings. The summed E-state index contributed by atoms with van der Waals surface area (Å²) in [7, 11) is 0. The van der Waals surface area contributed by atoms with Crippen molar-refractivity contribution in [2.75, 3.05) is 19.6 Å². The fourth-order valence-corrected chi connectivity index (χ4v) is 1.86. The van der Waals surface area contributed by atoms with E-state index in [2.05, 4.69) is 28.7 Å². The zero-order valence-corrected chi connectivity index (χ0v) is 9.38.